The van der Waals surface area contributed by atoms with Crippen LogP contribution in [0.4, 0.5) is 5.82 Å². The molecule has 0 aliphatic rings. The Labute approximate surface area is 99.4 Å². The van der Waals surface area contributed by atoms with Gasteiger partial charge in [0.1, 0.15) is 5.76 Å². The van der Waals surface area contributed by atoms with E-state index in [1.807, 2.05) is 13.0 Å². The molecule has 0 saturated carbocycles. The Hall–Kier alpha value is -1.42. The number of hydrogen-bond donors (Lipinski definition) is 1. The van der Waals surface area contributed by atoms with Gasteiger partial charge in [-0.3, -0.25) is 0 Å². The van der Waals surface area contributed by atoms with Gasteiger partial charge in [0.2, 0.25) is 0 Å². The minimum absolute atomic E-state index is 0.752. The summed E-state index contributed by atoms with van der Waals surface area (Å²) in [6.07, 6.45) is 1.07. The van der Waals surface area contributed by atoms with Crippen molar-refractivity contribution in [2.24, 2.45) is 0 Å². The van der Waals surface area contributed by atoms with Gasteiger partial charge in [0, 0.05) is 11.0 Å². The summed E-state index contributed by atoms with van der Waals surface area (Å²) in [5, 5.41) is 3.86. The third-order valence-electron chi connectivity index (χ3n) is 2.23. The first-order valence-electron chi connectivity index (χ1n) is 5.23. The van der Waals surface area contributed by atoms with Gasteiger partial charge in [-0.1, -0.05) is 24.2 Å². The average Bonchev–Trinajstić information content (AvgIpc) is 2.73. The quantitative estimate of drug-likeness (QED) is 0.819. The topological polar surface area (TPSA) is 38.1 Å². The van der Waals surface area contributed by atoms with E-state index in [0.717, 1.165) is 22.9 Å². The van der Waals surface area contributed by atoms with Crippen molar-refractivity contribution in [2.45, 2.75) is 25.2 Å². The first-order valence-corrected chi connectivity index (χ1v) is 6.04. The fourth-order valence-electron chi connectivity index (χ4n) is 1.32. The van der Waals surface area contributed by atoms with Gasteiger partial charge >= 0.3 is 0 Å². The van der Waals surface area contributed by atoms with E-state index >= 15 is 0 Å². The summed E-state index contributed by atoms with van der Waals surface area (Å²) >= 11 is 1.53. The molecule has 0 atom stereocenters. The van der Waals surface area contributed by atoms with E-state index in [4.69, 9.17) is 4.52 Å². The summed E-state index contributed by atoms with van der Waals surface area (Å²) in [5.41, 5.74) is 1.35. The molecule has 0 aliphatic carbocycles. The van der Waals surface area contributed by atoms with Crippen LogP contribution in [0, 0.1) is 6.92 Å². The molecule has 0 bridgehead atoms. The first-order chi connectivity index (χ1) is 7.78. The van der Waals surface area contributed by atoms with E-state index in [0.29, 0.717) is 0 Å². The van der Waals surface area contributed by atoms with Crippen LogP contribution in [0.15, 0.2) is 39.8 Å². The molecule has 16 heavy (non-hydrogen) atoms. The maximum atomic E-state index is 4.96. The number of aryl methyl sites for hydroxylation is 2. The molecule has 2 aromatic rings. The molecule has 1 heterocycles. The molecule has 0 saturated heterocycles. The van der Waals surface area contributed by atoms with Crippen LogP contribution in [-0.4, -0.2) is 5.16 Å². The number of nitrogens with one attached hydrogen (secondary N) is 1. The van der Waals surface area contributed by atoms with Crippen LogP contribution in [0.1, 0.15) is 18.2 Å². The van der Waals surface area contributed by atoms with Crippen LogP contribution < -0.4 is 4.72 Å². The van der Waals surface area contributed by atoms with Crippen molar-refractivity contribution in [3.05, 3.63) is 41.7 Å². The second kappa shape index (κ2) is 5.07. The highest BCUT2D eigenvalue weighted by Gasteiger charge is 2.00. The van der Waals surface area contributed by atoms with Crippen molar-refractivity contribution < 1.29 is 4.52 Å². The summed E-state index contributed by atoms with van der Waals surface area (Å²) in [6.45, 7) is 4.03. The number of hydrogen-bond acceptors (Lipinski definition) is 4. The van der Waals surface area contributed by atoms with Crippen molar-refractivity contribution in [3.63, 3.8) is 0 Å². The fraction of sp³-hybridized carbons (Fsp3) is 0.250. The first kappa shape index (κ1) is 11.1. The minimum Gasteiger partial charge on any atom is -0.360 e. The lowest BCUT2D eigenvalue weighted by Crippen LogP contribution is -1.86. The molecule has 1 aromatic heterocycles. The van der Waals surface area contributed by atoms with Gasteiger partial charge in [0.05, 0.1) is 0 Å². The largest absolute Gasteiger partial charge is 0.360 e. The standard InChI is InChI=1S/C12H14N2OS/c1-3-10-4-6-11(7-5-10)16-14-12-8-9(2)15-13-12/h4-8H,3H2,1-2H3,(H,13,14). The number of nitrogens with zero attached hydrogens (tertiary/aromatic N) is 1. The highest BCUT2D eigenvalue weighted by atomic mass is 32.2. The maximum absolute atomic E-state index is 4.96. The van der Waals surface area contributed by atoms with E-state index in [1.54, 1.807) is 0 Å². The molecule has 0 unspecified atom stereocenters. The van der Waals surface area contributed by atoms with Crippen LogP contribution in [-0.2, 0) is 6.42 Å². The lowest BCUT2D eigenvalue weighted by molar-refractivity contribution is 0.400. The molecule has 4 heteroatoms. The number of rotatable bonds is 4. The number of anilines is 1. The highest BCUT2D eigenvalue weighted by molar-refractivity contribution is 8.00. The van der Waals surface area contributed by atoms with Gasteiger partial charge in [-0.15, -0.1) is 0 Å². The summed E-state index contributed by atoms with van der Waals surface area (Å²) in [4.78, 5) is 1.16. The third kappa shape index (κ3) is 2.79. The summed E-state index contributed by atoms with van der Waals surface area (Å²) in [7, 11) is 0. The Morgan fingerprint density at radius 3 is 2.62 bits per heavy atom. The second-order valence-electron chi connectivity index (χ2n) is 3.52. The van der Waals surface area contributed by atoms with E-state index < -0.39 is 0 Å². The average molecular weight is 234 g/mol. The number of benzene rings is 1. The molecule has 3 nitrogen and oxygen atoms in total. The molecule has 84 valence electrons. The van der Waals surface area contributed by atoms with Gasteiger partial charge in [-0.05, 0) is 43.0 Å². The SMILES string of the molecule is CCc1ccc(SNc2cc(C)on2)cc1. The van der Waals surface area contributed by atoms with E-state index in [1.165, 1.54) is 17.5 Å². The second-order valence-corrected chi connectivity index (χ2v) is 4.40. The van der Waals surface area contributed by atoms with Crippen LogP contribution in [0.25, 0.3) is 0 Å². The fourth-order valence-corrected chi connectivity index (χ4v) is 1.91. The molecule has 0 aliphatic heterocycles. The Kier molecular flexibility index (Phi) is 3.51. The Bertz CT molecular complexity index is 450. The van der Waals surface area contributed by atoms with Crippen molar-refractivity contribution >= 4 is 17.8 Å². The van der Waals surface area contributed by atoms with Crippen LogP contribution in [0.3, 0.4) is 0 Å². The van der Waals surface area contributed by atoms with Gasteiger partial charge in [0.15, 0.2) is 5.82 Å². The summed E-state index contributed by atoms with van der Waals surface area (Å²) in [6, 6.07) is 10.3. The zero-order valence-corrected chi connectivity index (χ0v) is 10.2. The summed E-state index contributed by atoms with van der Waals surface area (Å²) in [5.74, 6) is 1.56. The minimum atomic E-state index is 0.752. The van der Waals surface area contributed by atoms with Crippen LogP contribution in [0.2, 0.25) is 0 Å². The molecule has 0 amide bonds. The van der Waals surface area contributed by atoms with Crippen molar-refractivity contribution in [3.8, 4) is 0 Å². The molecule has 0 radical (unpaired) electrons. The lowest BCUT2D eigenvalue weighted by atomic mass is 10.2. The predicted molar refractivity (Wildman–Crippen MR) is 66.5 cm³/mol. The normalized spacial score (nSPS) is 10.4. The van der Waals surface area contributed by atoms with Gasteiger partial charge in [-0.25, -0.2) is 0 Å². The Morgan fingerprint density at radius 2 is 2.06 bits per heavy atom. The Balaban J connectivity index is 1.94. The molecular formula is C12H14N2OS. The number of aromatic nitrogens is 1. The zero-order valence-electron chi connectivity index (χ0n) is 9.36. The molecule has 1 aromatic carbocycles. The van der Waals surface area contributed by atoms with Gasteiger partial charge in [-0.2, -0.15) is 0 Å². The molecule has 2 rings (SSSR count). The summed E-state index contributed by atoms with van der Waals surface area (Å²) < 4.78 is 8.09. The molecule has 1 N–H and O–H groups in total. The van der Waals surface area contributed by atoms with Crippen LogP contribution in [0.5, 0.6) is 0 Å². The van der Waals surface area contributed by atoms with Crippen molar-refractivity contribution in [1.82, 2.24) is 5.16 Å². The zero-order chi connectivity index (χ0) is 11.4. The maximum Gasteiger partial charge on any atom is 0.179 e. The molecular weight excluding hydrogens is 220 g/mol. The van der Waals surface area contributed by atoms with Crippen LogP contribution >= 0.6 is 11.9 Å². The van der Waals surface area contributed by atoms with Gasteiger partial charge in [0.25, 0.3) is 0 Å². The monoisotopic (exact) mass is 234 g/mol. The lowest BCUT2D eigenvalue weighted by Gasteiger charge is -2.02. The van der Waals surface area contributed by atoms with Crippen molar-refractivity contribution in [2.75, 3.05) is 4.72 Å². The van der Waals surface area contributed by atoms with E-state index in [-0.39, 0.29) is 0 Å². The Morgan fingerprint density at radius 1 is 1.31 bits per heavy atom. The third-order valence-corrected chi connectivity index (χ3v) is 3.05. The predicted octanol–water partition coefficient (Wildman–Crippen LogP) is 3.66. The molecule has 0 fully saturated rings. The van der Waals surface area contributed by atoms with Crippen molar-refractivity contribution in [1.29, 1.82) is 0 Å². The smallest absolute Gasteiger partial charge is 0.179 e. The highest BCUT2D eigenvalue weighted by Crippen LogP contribution is 2.21. The van der Waals surface area contributed by atoms with E-state index in [2.05, 4.69) is 41.1 Å². The van der Waals surface area contributed by atoms with E-state index in [9.17, 15) is 0 Å². The molecule has 0 spiro atoms. The van der Waals surface area contributed by atoms with Gasteiger partial charge < -0.3 is 9.25 Å².